The summed E-state index contributed by atoms with van der Waals surface area (Å²) in [6, 6.07) is 12.7. The van der Waals surface area contributed by atoms with Crippen molar-refractivity contribution in [3.05, 3.63) is 54.6 Å². The van der Waals surface area contributed by atoms with E-state index in [1.54, 1.807) is 24.3 Å². The lowest BCUT2D eigenvalue weighted by Crippen LogP contribution is -2.15. The number of sulfone groups is 1. The van der Waals surface area contributed by atoms with E-state index in [0.717, 1.165) is 0 Å². The molecule has 4 N–H and O–H groups in total. The SMILES string of the molecule is Nc1c(N=Nc2ccc(S(=O)(=O)CCOS(=O)(=O)O)cc2)c(S(=O)(=O)O)cc2ccccc12. The molecule has 0 aliphatic carbocycles. The van der Waals surface area contributed by atoms with Gasteiger partial charge in [0.2, 0.25) is 0 Å². The zero-order valence-electron chi connectivity index (χ0n) is 16.6. The summed E-state index contributed by atoms with van der Waals surface area (Å²) in [6.45, 7) is -0.776. The van der Waals surface area contributed by atoms with Crippen LogP contribution >= 0.6 is 0 Å². The van der Waals surface area contributed by atoms with E-state index >= 15 is 0 Å². The fourth-order valence-corrected chi connectivity index (χ4v) is 4.99. The molecule has 0 amide bonds. The summed E-state index contributed by atoms with van der Waals surface area (Å²) in [7, 11) is -13.4. The summed E-state index contributed by atoms with van der Waals surface area (Å²) >= 11 is 0. The monoisotopic (exact) mass is 515 g/mol. The van der Waals surface area contributed by atoms with Crippen LogP contribution in [0.3, 0.4) is 0 Å². The Morgan fingerprint density at radius 3 is 2.12 bits per heavy atom. The molecule has 3 rings (SSSR count). The first kappa shape index (κ1) is 24.7. The van der Waals surface area contributed by atoms with Crippen molar-refractivity contribution in [1.29, 1.82) is 0 Å². The van der Waals surface area contributed by atoms with Crippen molar-refractivity contribution in [1.82, 2.24) is 0 Å². The van der Waals surface area contributed by atoms with Crippen LogP contribution in [0.2, 0.25) is 0 Å². The molecule has 0 atom stereocenters. The van der Waals surface area contributed by atoms with Gasteiger partial charge in [0, 0.05) is 5.39 Å². The molecule has 0 saturated heterocycles. The van der Waals surface area contributed by atoms with Gasteiger partial charge in [-0.1, -0.05) is 24.3 Å². The molecule has 0 aromatic heterocycles. The van der Waals surface area contributed by atoms with Gasteiger partial charge >= 0.3 is 10.4 Å². The first-order chi connectivity index (χ1) is 15.3. The third-order valence-corrected chi connectivity index (χ3v) is 7.38. The molecule has 0 unspecified atom stereocenters. The van der Waals surface area contributed by atoms with Crippen molar-refractivity contribution >= 4 is 58.2 Å². The van der Waals surface area contributed by atoms with E-state index in [1.807, 2.05) is 0 Å². The Morgan fingerprint density at radius 1 is 0.879 bits per heavy atom. The van der Waals surface area contributed by atoms with E-state index in [4.69, 9.17) is 10.3 Å². The van der Waals surface area contributed by atoms with Crippen LogP contribution in [-0.4, -0.2) is 46.7 Å². The van der Waals surface area contributed by atoms with Gasteiger partial charge in [-0.25, -0.2) is 12.6 Å². The molecule has 0 spiro atoms. The van der Waals surface area contributed by atoms with Gasteiger partial charge < -0.3 is 5.73 Å². The van der Waals surface area contributed by atoms with Crippen LogP contribution < -0.4 is 5.73 Å². The fraction of sp³-hybridized carbons (Fsp3) is 0.111. The van der Waals surface area contributed by atoms with E-state index in [1.165, 1.54) is 30.3 Å². The topological polar surface area (TPSA) is 203 Å². The maximum absolute atomic E-state index is 12.2. The van der Waals surface area contributed by atoms with Gasteiger partial charge in [-0.2, -0.15) is 21.9 Å². The van der Waals surface area contributed by atoms with Crippen molar-refractivity contribution in [2.45, 2.75) is 9.79 Å². The number of rotatable bonds is 8. The average molecular weight is 516 g/mol. The normalized spacial score (nSPS) is 13.0. The maximum atomic E-state index is 12.2. The largest absolute Gasteiger partial charge is 0.397 e. The number of hydrogen-bond donors (Lipinski definition) is 3. The molecule has 12 nitrogen and oxygen atoms in total. The molecule has 0 bridgehead atoms. The second kappa shape index (κ2) is 9.12. The van der Waals surface area contributed by atoms with Gasteiger partial charge in [-0.05, 0) is 35.7 Å². The van der Waals surface area contributed by atoms with Gasteiger partial charge in [0.25, 0.3) is 10.1 Å². The van der Waals surface area contributed by atoms with E-state index in [9.17, 15) is 29.8 Å². The lowest BCUT2D eigenvalue weighted by molar-refractivity contribution is 0.284. The molecule has 0 saturated carbocycles. The molecule has 176 valence electrons. The molecule has 0 fully saturated rings. The van der Waals surface area contributed by atoms with E-state index < -0.39 is 47.6 Å². The summed E-state index contributed by atoms with van der Waals surface area (Å²) in [5.74, 6) is -0.709. The van der Waals surface area contributed by atoms with E-state index in [0.29, 0.717) is 10.8 Å². The van der Waals surface area contributed by atoms with Crippen molar-refractivity contribution < 1.29 is 38.5 Å². The fourth-order valence-electron chi connectivity index (χ4n) is 2.83. The average Bonchev–Trinajstić information content (AvgIpc) is 2.71. The Hall–Kier alpha value is -2.95. The number of nitrogen functional groups attached to an aromatic ring is 1. The number of anilines is 1. The van der Waals surface area contributed by atoms with Crippen LogP contribution in [0.15, 0.2) is 74.6 Å². The molecule has 0 radical (unpaired) electrons. The highest BCUT2D eigenvalue weighted by Crippen LogP contribution is 2.38. The molecule has 33 heavy (non-hydrogen) atoms. The number of benzene rings is 3. The number of nitrogens with zero attached hydrogens (tertiary/aromatic N) is 2. The second-order valence-corrected chi connectivity index (χ2v) is 11.2. The lowest BCUT2D eigenvalue weighted by atomic mass is 10.1. The molecule has 0 aliphatic rings. The minimum Gasteiger partial charge on any atom is -0.396 e. The zero-order chi connectivity index (χ0) is 24.4. The van der Waals surface area contributed by atoms with Crippen LogP contribution in [0.25, 0.3) is 10.8 Å². The van der Waals surface area contributed by atoms with Gasteiger partial charge in [-0.3, -0.25) is 9.11 Å². The predicted molar refractivity (Wildman–Crippen MR) is 118 cm³/mol. The maximum Gasteiger partial charge on any atom is 0.397 e. The smallest absolute Gasteiger partial charge is 0.396 e. The molecule has 0 heterocycles. The van der Waals surface area contributed by atoms with Gasteiger partial charge in [0.15, 0.2) is 9.84 Å². The zero-order valence-corrected chi connectivity index (χ0v) is 19.0. The number of azo groups is 1. The molecule has 3 aromatic carbocycles. The predicted octanol–water partition coefficient (Wildman–Crippen LogP) is 2.68. The van der Waals surface area contributed by atoms with Crippen LogP contribution in [-0.2, 0) is 34.5 Å². The highest BCUT2D eigenvalue weighted by atomic mass is 32.3. The summed E-state index contributed by atoms with van der Waals surface area (Å²) in [5, 5.41) is 8.69. The van der Waals surface area contributed by atoms with Gasteiger partial charge in [0.1, 0.15) is 10.6 Å². The van der Waals surface area contributed by atoms with Crippen LogP contribution in [0.4, 0.5) is 17.1 Å². The summed E-state index contributed by atoms with van der Waals surface area (Å²) in [6.07, 6.45) is 0. The Balaban J connectivity index is 1.91. The molecular formula is C18H17N3O9S3. The van der Waals surface area contributed by atoms with Crippen LogP contribution in [0.1, 0.15) is 0 Å². The van der Waals surface area contributed by atoms with E-state index in [2.05, 4.69) is 14.4 Å². The minimum atomic E-state index is -4.76. The van der Waals surface area contributed by atoms with Crippen molar-refractivity contribution in [3.63, 3.8) is 0 Å². The van der Waals surface area contributed by atoms with Crippen LogP contribution in [0.5, 0.6) is 0 Å². The summed E-state index contributed by atoms with van der Waals surface area (Å²) < 4.78 is 91.2. The molecule has 15 heteroatoms. The van der Waals surface area contributed by atoms with Gasteiger partial charge in [-0.15, -0.1) is 5.11 Å². The highest BCUT2D eigenvalue weighted by molar-refractivity contribution is 7.91. The third kappa shape index (κ3) is 6.10. The van der Waals surface area contributed by atoms with Gasteiger partial charge in [0.05, 0.1) is 28.6 Å². The number of fused-ring (bicyclic) bond motifs is 1. The molecular weight excluding hydrogens is 498 g/mol. The Bertz CT molecular complexity index is 1550. The van der Waals surface area contributed by atoms with E-state index in [-0.39, 0.29) is 22.0 Å². The highest BCUT2D eigenvalue weighted by Gasteiger charge is 2.21. The quantitative estimate of drug-likeness (QED) is 0.227. The third-order valence-electron chi connectivity index (χ3n) is 4.35. The van der Waals surface area contributed by atoms with Crippen molar-refractivity contribution in [2.75, 3.05) is 18.1 Å². The van der Waals surface area contributed by atoms with Crippen LogP contribution in [0, 0.1) is 0 Å². The number of hydrogen-bond acceptors (Lipinski definition) is 10. The summed E-state index contributed by atoms with van der Waals surface area (Å²) in [4.78, 5) is -0.718. The first-order valence-corrected chi connectivity index (χ1v) is 13.4. The Kier molecular flexibility index (Phi) is 6.83. The van der Waals surface area contributed by atoms with Crippen molar-refractivity contribution in [2.24, 2.45) is 10.2 Å². The Labute approximate surface area is 189 Å². The standard InChI is InChI=1S/C18H17N3O9S3/c19-17-15-4-2-1-3-12(15)11-16(32(24,25)26)18(17)21-20-13-5-7-14(8-6-13)31(22,23)10-9-30-33(27,28)29/h1-8,11H,9-10,19H2,(H,24,25,26)(H,27,28,29). The Morgan fingerprint density at radius 2 is 1.52 bits per heavy atom. The minimum absolute atomic E-state index is 0.0255. The number of nitrogens with two attached hydrogens (primary N) is 1. The second-order valence-electron chi connectivity index (χ2n) is 6.60. The molecule has 0 aliphatic heterocycles. The summed E-state index contributed by atoms with van der Waals surface area (Å²) in [5.41, 5.74) is 5.89. The lowest BCUT2D eigenvalue weighted by Gasteiger charge is -2.09. The molecule has 3 aromatic rings. The first-order valence-electron chi connectivity index (χ1n) is 8.93. The van der Waals surface area contributed by atoms with Crippen molar-refractivity contribution in [3.8, 4) is 0 Å².